The molecule has 2 heterocycles. The number of amides is 2. The molecule has 1 atom stereocenters. The molecule has 2 amide bonds. The van der Waals surface area contributed by atoms with Gasteiger partial charge in [0.1, 0.15) is 11.6 Å². The van der Waals surface area contributed by atoms with E-state index in [9.17, 15) is 9.18 Å². The van der Waals surface area contributed by atoms with E-state index < -0.39 is 6.04 Å². The minimum Gasteiger partial charge on any atom is -0.497 e. The summed E-state index contributed by atoms with van der Waals surface area (Å²) < 4.78 is 24.9. The van der Waals surface area contributed by atoms with Gasteiger partial charge in [0.25, 0.3) is 5.89 Å². The van der Waals surface area contributed by atoms with Crippen LogP contribution in [0.2, 0.25) is 0 Å². The van der Waals surface area contributed by atoms with Gasteiger partial charge in [-0.15, -0.1) is 0 Å². The largest absolute Gasteiger partial charge is 0.497 e. The van der Waals surface area contributed by atoms with Crippen LogP contribution in [0.15, 0.2) is 58.8 Å². The monoisotopic (exact) mass is 450 g/mol. The van der Waals surface area contributed by atoms with Gasteiger partial charge in [-0.25, -0.2) is 9.18 Å². The number of nitrogens with zero attached hydrogens (tertiary/aromatic N) is 3. The number of carbonyl (C=O) groups is 1. The highest BCUT2D eigenvalue weighted by Gasteiger charge is 2.35. The molecule has 0 spiro atoms. The number of unbranched alkanes of at least 4 members (excludes halogenated alkanes) is 2. The minimum atomic E-state index is -0.611. The molecule has 2 aromatic carbocycles. The molecule has 0 saturated carbocycles. The van der Waals surface area contributed by atoms with Crippen molar-refractivity contribution in [1.29, 1.82) is 0 Å². The molecule has 4 rings (SSSR count). The van der Waals surface area contributed by atoms with Gasteiger partial charge in [-0.1, -0.05) is 37.1 Å². The second-order valence-corrected chi connectivity index (χ2v) is 7.95. The maximum atomic E-state index is 14.0. The van der Waals surface area contributed by atoms with Gasteiger partial charge in [-0.2, -0.15) is 4.98 Å². The van der Waals surface area contributed by atoms with E-state index in [1.165, 1.54) is 12.1 Å². The second kappa shape index (κ2) is 9.85. The third kappa shape index (κ3) is 4.74. The fraction of sp³-hybridized carbons (Fsp3) is 0.320. The molecule has 172 valence electrons. The molecule has 33 heavy (non-hydrogen) atoms. The van der Waals surface area contributed by atoms with Crippen molar-refractivity contribution in [3.05, 3.63) is 71.5 Å². The molecule has 0 aliphatic carbocycles. The number of ether oxygens (including phenoxy) is 1. The van der Waals surface area contributed by atoms with Crippen LogP contribution in [0.3, 0.4) is 0 Å². The quantitative estimate of drug-likeness (QED) is 0.454. The molecule has 0 saturated heterocycles. The summed E-state index contributed by atoms with van der Waals surface area (Å²) in [6.45, 7) is 4.55. The van der Waals surface area contributed by atoms with Gasteiger partial charge in [0.15, 0.2) is 0 Å². The van der Waals surface area contributed by atoms with Gasteiger partial charge in [0.2, 0.25) is 5.82 Å². The maximum Gasteiger partial charge on any atom is 0.322 e. The van der Waals surface area contributed by atoms with E-state index in [0.717, 1.165) is 30.6 Å². The van der Waals surface area contributed by atoms with Crippen molar-refractivity contribution in [3.63, 3.8) is 0 Å². The van der Waals surface area contributed by atoms with Crippen LogP contribution in [0.5, 0.6) is 5.75 Å². The Morgan fingerprint density at radius 2 is 1.97 bits per heavy atom. The molecular weight excluding hydrogens is 423 g/mol. The van der Waals surface area contributed by atoms with Crippen LogP contribution in [0.1, 0.15) is 50.6 Å². The van der Waals surface area contributed by atoms with Crippen LogP contribution in [0, 0.1) is 5.82 Å². The average Bonchev–Trinajstić information content (AvgIpc) is 3.30. The van der Waals surface area contributed by atoms with Gasteiger partial charge in [-0.3, -0.25) is 4.90 Å². The molecule has 1 aliphatic heterocycles. The smallest absolute Gasteiger partial charge is 0.322 e. The maximum absolute atomic E-state index is 14.0. The Morgan fingerprint density at radius 1 is 1.18 bits per heavy atom. The number of nitrogens with one attached hydrogen (secondary N) is 1. The highest BCUT2D eigenvalue weighted by Crippen LogP contribution is 2.37. The number of carbonyl (C=O) groups excluding carboxylic acids is 1. The first-order valence-electron chi connectivity index (χ1n) is 11.0. The summed E-state index contributed by atoms with van der Waals surface area (Å²) in [5.41, 5.74) is 2.75. The molecule has 3 aromatic rings. The first kappa shape index (κ1) is 22.5. The van der Waals surface area contributed by atoms with Crippen molar-refractivity contribution >= 4 is 11.6 Å². The lowest BCUT2D eigenvalue weighted by molar-refractivity contribution is 0.204. The number of rotatable bonds is 8. The third-order valence-electron chi connectivity index (χ3n) is 5.77. The van der Waals surface area contributed by atoms with Crippen LogP contribution >= 0.6 is 0 Å². The zero-order chi connectivity index (χ0) is 23.4. The van der Waals surface area contributed by atoms with Gasteiger partial charge in [0.05, 0.1) is 18.7 Å². The summed E-state index contributed by atoms with van der Waals surface area (Å²) in [6, 6.07) is 12.7. The van der Waals surface area contributed by atoms with Crippen molar-refractivity contribution in [2.24, 2.45) is 0 Å². The minimum absolute atomic E-state index is 0.225. The number of urea groups is 1. The molecule has 1 N–H and O–H groups in total. The summed E-state index contributed by atoms with van der Waals surface area (Å²) >= 11 is 0. The molecule has 0 bridgehead atoms. The molecule has 8 heteroatoms. The van der Waals surface area contributed by atoms with Crippen LogP contribution in [0.4, 0.5) is 9.18 Å². The Labute approximate surface area is 192 Å². The normalized spacial score (nSPS) is 16.2. The van der Waals surface area contributed by atoms with Crippen LogP contribution in [-0.4, -0.2) is 34.7 Å². The van der Waals surface area contributed by atoms with Crippen molar-refractivity contribution in [2.75, 3.05) is 13.7 Å². The summed E-state index contributed by atoms with van der Waals surface area (Å²) in [6.07, 6.45) is 2.94. The van der Waals surface area contributed by atoms with E-state index in [1.807, 2.05) is 31.2 Å². The number of benzene rings is 2. The molecule has 7 nitrogen and oxygen atoms in total. The Kier molecular flexibility index (Phi) is 6.72. The Bertz CT molecular complexity index is 1160. The Balaban J connectivity index is 1.75. The van der Waals surface area contributed by atoms with Crippen LogP contribution < -0.4 is 10.1 Å². The van der Waals surface area contributed by atoms with Gasteiger partial charge >= 0.3 is 6.03 Å². The van der Waals surface area contributed by atoms with E-state index in [4.69, 9.17) is 9.26 Å². The molecule has 0 radical (unpaired) electrons. The number of allylic oxidation sites excluding steroid dienone is 1. The van der Waals surface area contributed by atoms with Crippen molar-refractivity contribution in [2.45, 2.75) is 39.2 Å². The van der Waals surface area contributed by atoms with Crippen molar-refractivity contribution in [3.8, 4) is 17.1 Å². The predicted octanol–water partition coefficient (Wildman–Crippen LogP) is 5.57. The van der Waals surface area contributed by atoms with Crippen LogP contribution in [0.25, 0.3) is 17.0 Å². The van der Waals surface area contributed by atoms with Crippen molar-refractivity contribution in [1.82, 2.24) is 20.4 Å². The van der Waals surface area contributed by atoms with E-state index in [-0.39, 0.29) is 17.7 Å². The number of aromatic nitrogens is 2. The van der Waals surface area contributed by atoms with E-state index in [2.05, 4.69) is 22.4 Å². The first-order chi connectivity index (χ1) is 16.0. The molecule has 1 aliphatic rings. The lowest BCUT2D eigenvalue weighted by Gasteiger charge is -2.35. The Morgan fingerprint density at radius 3 is 2.67 bits per heavy atom. The number of hydrogen-bond acceptors (Lipinski definition) is 5. The summed E-state index contributed by atoms with van der Waals surface area (Å²) in [4.78, 5) is 19.2. The van der Waals surface area contributed by atoms with Gasteiger partial charge in [-0.05, 0) is 55.3 Å². The molecular formula is C25H27FN4O3. The fourth-order valence-electron chi connectivity index (χ4n) is 3.97. The average molecular weight is 451 g/mol. The predicted molar refractivity (Wildman–Crippen MR) is 123 cm³/mol. The molecule has 1 aromatic heterocycles. The fourth-order valence-corrected chi connectivity index (χ4v) is 3.97. The lowest BCUT2D eigenvalue weighted by atomic mass is 9.94. The summed E-state index contributed by atoms with van der Waals surface area (Å²) in [5, 5.41) is 7.15. The topological polar surface area (TPSA) is 80.5 Å². The third-order valence-corrected chi connectivity index (χ3v) is 5.77. The van der Waals surface area contributed by atoms with Crippen LogP contribution in [-0.2, 0) is 0 Å². The van der Waals surface area contributed by atoms with E-state index in [0.29, 0.717) is 29.2 Å². The summed E-state index contributed by atoms with van der Waals surface area (Å²) in [7, 11) is 1.60. The highest BCUT2D eigenvalue weighted by atomic mass is 19.1. The van der Waals surface area contributed by atoms with E-state index >= 15 is 0 Å². The van der Waals surface area contributed by atoms with Crippen molar-refractivity contribution < 1.29 is 18.4 Å². The zero-order valence-corrected chi connectivity index (χ0v) is 19.0. The zero-order valence-electron chi connectivity index (χ0n) is 19.0. The lowest BCUT2D eigenvalue weighted by Crippen LogP contribution is -2.46. The molecule has 1 unspecified atom stereocenters. The second-order valence-electron chi connectivity index (χ2n) is 7.95. The van der Waals surface area contributed by atoms with E-state index in [1.54, 1.807) is 24.1 Å². The molecule has 0 fully saturated rings. The highest BCUT2D eigenvalue weighted by molar-refractivity contribution is 5.86. The van der Waals surface area contributed by atoms with Gasteiger partial charge < -0.3 is 14.6 Å². The number of methoxy groups -OCH3 is 1. The van der Waals surface area contributed by atoms with Gasteiger partial charge in [0, 0.05) is 17.8 Å². The SMILES string of the molecule is CCCCCN1C(=O)NC(c2cccc(F)c2)C(c2nc(-c3ccc(OC)cc3)no2)=C1C. The number of hydrogen-bond donors (Lipinski definition) is 1. The summed E-state index contributed by atoms with van der Waals surface area (Å²) in [5.74, 6) is 1.05. The number of halogens is 1. The first-order valence-corrected chi connectivity index (χ1v) is 11.0. The standard InChI is InChI=1S/C25H27FN4O3/c1-4-5-6-14-30-16(2)21(22(27-25(30)31)18-8-7-9-19(26)15-18)24-28-23(29-33-24)17-10-12-20(32-3)13-11-17/h7-13,15,22H,4-6,14H2,1-3H3,(H,27,31). The Hall–Kier alpha value is -3.68.